The van der Waals surface area contributed by atoms with Gasteiger partial charge in [-0.2, -0.15) is 0 Å². The zero-order chi connectivity index (χ0) is 18.8. The average Bonchev–Trinajstić information content (AvgIpc) is 2.71. The quantitative estimate of drug-likeness (QED) is 0.449. The van der Waals surface area contributed by atoms with Gasteiger partial charge in [0.25, 0.3) is 0 Å². The Balaban J connectivity index is 1.51. The van der Waals surface area contributed by atoms with E-state index in [2.05, 4.69) is 55.5 Å². The smallest absolute Gasteiger partial charge is 0.126 e. The van der Waals surface area contributed by atoms with Crippen LogP contribution in [-0.2, 0) is 0 Å². The summed E-state index contributed by atoms with van der Waals surface area (Å²) < 4.78 is 13.8. The number of benzene rings is 3. The highest BCUT2D eigenvalue weighted by molar-refractivity contribution is 5.70. The van der Waals surface area contributed by atoms with Gasteiger partial charge in [-0.15, -0.1) is 0 Å². The molecule has 1 saturated carbocycles. The van der Waals surface area contributed by atoms with E-state index in [1.807, 2.05) is 12.1 Å². The molecule has 0 radical (unpaired) electrons. The first-order valence-electron chi connectivity index (χ1n) is 10.1. The Morgan fingerprint density at radius 1 is 0.667 bits per heavy atom. The normalized spacial score (nSPS) is 19.8. The molecule has 4 rings (SSSR count). The van der Waals surface area contributed by atoms with Gasteiger partial charge in [0.15, 0.2) is 0 Å². The highest BCUT2D eigenvalue weighted by Gasteiger charge is 2.19. The Hall–Kier alpha value is -2.41. The number of rotatable bonds is 3. The van der Waals surface area contributed by atoms with E-state index in [0.717, 1.165) is 23.0 Å². The lowest BCUT2D eigenvalue weighted by atomic mass is 9.79. The van der Waals surface area contributed by atoms with Gasteiger partial charge in [-0.25, -0.2) is 4.39 Å². The molecule has 0 atom stereocenters. The van der Waals surface area contributed by atoms with Crippen LogP contribution in [0.15, 0.2) is 66.7 Å². The molecule has 3 aromatic rings. The SMILES string of the molecule is Cc1ccc(-c2ccc(-c3ccc(C4CCC(C)CC4)cc3)cc2)cc1F. The van der Waals surface area contributed by atoms with Gasteiger partial charge >= 0.3 is 0 Å². The number of halogens is 1. The van der Waals surface area contributed by atoms with Gasteiger partial charge in [-0.1, -0.05) is 80.4 Å². The maximum Gasteiger partial charge on any atom is 0.126 e. The lowest BCUT2D eigenvalue weighted by Gasteiger charge is -2.26. The third-order valence-corrected chi connectivity index (χ3v) is 6.12. The minimum atomic E-state index is -0.149. The topological polar surface area (TPSA) is 0 Å². The zero-order valence-electron chi connectivity index (χ0n) is 16.2. The van der Waals surface area contributed by atoms with Crippen molar-refractivity contribution in [2.75, 3.05) is 0 Å². The van der Waals surface area contributed by atoms with E-state index in [-0.39, 0.29) is 5.82 Å². The van der Waals surface area contributed by atoms with Crippen LogP contribution in [0.3, 0.4) is 0 Å². The predicted octanol–water partition coefficient (Wildman–Crippen LogP) is 7.76. The highest BCUT2D eigenvalue weighted by atomic mass is 19.1. The van der Waals surface area contributed by atoms with Crippen molar-refractivity contribution in [3.05, 3.63) is 83.7 Å². The molecule has 0 saturated heterocycles. The molecule has 27 heavy (non-hydrogen) atoms. The molecule has 0 heterocycles. The van der Waals surface area contributed by atoms with Crippen molar-refractivity contribution in [2.45, 2.75) is 45.4 Å². The first-order valence-corrected chi connectivity index (χ1v) is 10.1. The summed E-state index contributed by atoms with van der Waals surface area (Å²) in [7, 11) is 0. The minimum absolute atomic E-state index is 0.149. The van der Waals surface area contributed by atoms with E-state index in [1.165, 1.54) is 42.4 Å². The maximum atomic E-state index is 13.8. The van der Waals surface area contributed by atoms with Crippen LogP contribution < -0.4 is 0 Å². The van der Waals surface area contributed by atoms with Gasteiger partial charge in [0.2, 0.25) is 0 Å². The molecule has 1 fully saturated rings. The maximum absolute atomic E-state index is 13.8. The van der Waals surface area contributed by atoms with Gasteiger partial charge in [0.05, 0.1) is 0 Å². The fraction of sp³-hybridized carbons (Fsp3) is 0.308. The predicted molar refractivity (Wildman–Crippen MR) is 112 cm³/mol. The molecule has 0 bridgehead atoms. The first kappa shape index (κ1) is 18.0. The largest absolute Gasteiger partial charge is 0.207 e. The molecule has 0 unspecified atom stereocenters. The second-order valence-corrected chi connectivity index (χ2v) is 8.12. The fourth-order valence-corrected chi connectivity index (χ4v) is 4.17. The molecule has 0 aliphatic heterocycles. The molecule has 0 N–H and O–H groups in total. The molecule has 3 aromatic carbocycles. The van der Waals surface area contributed by atoms with Gasteiger partial charge in [0.1, 0.15) is 5.82 Å². The van der Waals surface area contributed by atoms with Crippen molar-refractivity contribution in [1.82, 2.24) is 0 Å². The molecule has 1 heteroatoms. The molecular weight excluding hydrogens is 331 g/mol. The van der Waals surface area contributed by atoms with Gasteiger partial charge in [-0.05, 0) is 71.0 Å². The number of hydrogen-bond acceptors (Lipinski definition) is 0. The van der Waals surface area contributed by atoms with E-state index in [0.29, 0.717) is 5.56 Å². The lowest BCUT2D eigenvalue weighted by molar-refractivity contribution is 0.348. The van der Waals surface area contributed by atoms with Crippen LogP contribution in [0.2, 0.25) is 0 Å². The molecule has 138 valence electrons. The Labute approximate surface area is 162 Å². The first-order chi connectivity index (χ1) is 13.1. The second-order valence-electron chi connectivity index (χ2n) is 8.12. The Morgan fingerprint density at radius 3 is 1.70 bits per heavy atom. The molecule has 0 aromatic heterocycles. The number of hydrogen-bond donors (Lipinski definition) is 0. The Bertz CT molecular complexity index is 898. The van der Waals surface area contributed by atoms with Crippen molar-refractivity contribution in [2.24, 2.45) is 5.92 Å². The summed E-state index contributed by atoms with van der Waals surface area (Å²) in [5.41, 5.74) is 6.58. The summed E-state index contributed by atoms with van der Waals surface area (Å²) in [6.45, 7) is 4.16. The summed E-state index contributed by atoms with van der Waals surface area (Å²) in [6, 6.07) is 22.9. The summed E-state index contributed by atoms with van der Waals surface area (Å²) >= 11 is 0. The Morgan fingerprint density at radius 2 is 1.15 bits per heavy atom. The highest BCUT2D eigenvalue weighted by Crippen LogP contribution is 2.36. The molecule has 0 spiro atoms. The summed E-state index contributed by atoms with van der Waals surface area (Å²) in [5, 5.41) is 0. The fourth-order valence-electron chi connectivity index (χ4n) is 4.17. The van der Waals surface area contributed by atoms with E-state index >= 15 is 0 Å². The molecule has 0 amide bonds. The van der Waals surface area contributed by atoms with Crippen molar-refractivity contribution >= 4 is 0 Å². The van der Waals surface area contributed by atoms with Gasteiger partial charge in [-0.3, -0.25) is 0 Å². The minimum Gasteiger partial charge on any atom is -0.207 e. The second kappa shape index (κ2) is 7.68. The molecule has 1 aliphatic rings. The van der Waals surface area contributed by atoms with Gasteiger partial charge in [0, 0.05) is 0 Å². The Kier molecular flexibility index (Phi) is 5.11. The number of aryl methyl sites for hydroxylation is 1. The third-order valence-electron chi connectivity index (χ3n) is 6.12. The molecule has 0 nitrogen and oxygen atoms in total. The van der Waals surface area contributed by atoms with E-state index < -0.39 is 0 Å². The summed E-state index contributed by atoms with van der Waals surface area (Å²) in [6.07, 6.45) is 5.35. The van der Waals surface area contributed by atoms with E-state index in [9.17, 15) is 4.39 Å². The summed E-state index contributed by atoms with van der Waals surface area (Å²) in [4.78, 5) is 0. The zero-order valence-corrected chi connectivity index (χ0v) is 16.2. The van der Waals surface area contributed by atoms with Crippen LogP contribution in [-0.4, -0.2) is 0 Å². The van der Waals surface area contributed by atoms with Crippen molar-refractivity contribution in [3.63, 3.8) is 0 Å². The monoisotopic (exact) mass is 358 g/mol. The van der Waals surface area contributed by atoms with Crippen LogP contribution in [0.5, 0.6) is 0 Å². The molecular formula is C26H27F. The third kappa shape index (κ3) is 3.98. The van der Waals surface area contributed by atoms with Crippen molar-refractivity contribution in [1.29, 1.82) is 0 Å². The van der Waals surface area contributed by atoms with Crippen molar-refractivity contribution < 1.29 is 4.39 Å². The van der Waals surface area contributed by atoms with Crippen LogP contribution in [0.4, 0.5) is 4.39 Å². The van der Waals surface area contributed by atoms with E-state index in [4.69, 9.17) is 0 Å². The van der Waals surface area contributed by atoms with Crippen LogP contribution in [0.25, 0.3) is 22.3 Å². The van der Waals surface area contributed by atoms with E-state index in [1.54, 1.807) is 13.0 Å². The van der Waals surface area contributed by atoms with Crippen LogP contribution >= 0.6 is 0 Å². The lowest BCUT2D eigenvalue weighted by Crippen LogP contribution is -2.10. The standard InChI is InChI=1S/C26H27F/c1-18-3-6-20(7-4-18)21-9-11-22(12-10-21)23-13-15-24(16-14-23)25-8-5-19(2)26(27)17-25/h5,8-18,20H,3-4,6-7H2,1-2H3. The van der Waals surface area contributed by atoms with Gasteiger partial charge < -0.3 is 0 Å². The van der Waals surface area contributed by atoms with Crippen LogP contribution in [0, 0.1) is 18.7 Å². The van der Waals surface area contributed by atoms with Crippen molar-refractivity contribution in [3.8, 4) is 22.3 Å². The van der Waals surface area contributed by atoms with Crippen LogP contribution in [0.1, 0.15) is 49.7 Å². The molecule has 1 aliphatic carbocycles. The summed E-state index contributed by atoms with van der Waals surface area (Å²) in [5.74, 6) is 1.47. The average molecular weight is 359 g/mol.